The van der Waals surface area contributed by atoms with Crippen molar-refractivity contribution in [3.63, 3.8) is 0 Å². The summed E-state index contributed by atoms with van der Waals surface area (Å²) >= 11 is 5.84. The maximum atomic E-state index is 12.6. The fourth-order valence-electron chi connectivity index (χ4n) is 3.31. The number of aromatic nitrogens is 2. The van der Waals surface area contributed by atoms with E-state index in [4.69, 9.17) is 11.6 Å². The first-order valence-corrected chi connectivity index (χ1v) is 10.1. The van der Waals surface area contributed by atoms with Crippen molar-refractivity contribution in [2.45, 2.75) is 25.4 Å². The number of alkyl halides is 3. The van der Waals surface area contributed by atoms with Gasteiger partial charge in [0.15, 0.2) is 0 Å². The summed E-state index contributed by atoms with van der Waals surface area (Å²) in [5, 5.41) is 5.60. The Morgan fingerprint density at radius 3 is 2.57 bits per heavy atom. The van der Waals surface area contributed by atoms with Gasteiger partial charge in [-0.2, -0.15) is 13.2 Å². The van der Waals surface area contributed by atoms with Crippen LogP contribution in [-0.2, 0) is 11.0 Å². The van der Waals surface area contributed by atoms with E-state index < -0.39 is 11.7 Å². The van der Waals surface area contributed by atoms with Crippen LogP contribution in [0.5, 0.6) is 0 Å². The standard InChI is InChI=1S/C20H23ClF3N5O/c21-17-11-15(20(22,23)24)13-28-19(17)26-8-3-18(30)27-12-14-4-9-29(10-5-14)16-1-6-25-7-2-16/h1-2,6-7,11,13-14H,3-5,8-10,12H2,(H,26,28)(H,27,30). The molecule has 0 radical (unpaired) electrons. The zero-order valence-corrected chi connectivity index (χ0v) is 17.0. The maximum absolute atomic E-state index is 12.6. The summed E-state index contributed by atoms with van der Waals surface area (Å²) in [6.45, 7) is 2.71. The molecule has 1 aliphatic rings. The van der Waals surface area contributed by atoms with Gasteiger partial charge < -0.3 is 15.5 Å². The molecule has 1 aliphatic heterocycles. The molecule has 2 aromatic rings. The number of nitrogens with zero attached hydrogens (tertiary/aromatic N) is 3. The zero-order valence-electron chi connectivity index (χ0n) is 16.3. The van der Waals surface area contributed by atoms with Crippen molar-refractivity contribution in [1.82, 2.24) is 15.3 Å². The second-order valence-corrected chi connectivity index (χ2v) is 7.58. The van der Waals surface area contributed by atoms with Crippen LogP contribution in [0.25, 0.3) is 0 Å². The van der Waals surface area contributed by atoms with Crippen molar-refractivity contribution in [1.29, 1.82) is 0 Å². The van der Waals surface area contributed by atoms with Crippen LogP contribution in [0.4, 0.5) is 24.7 Å². The Morgan fingerprint density at radius 2 is 1.93 bits per heavy atom. The predicted octanol–water partition coefficient (Wildman–Crippen LogP) is 3.98. The Balaban J connectivity index is 1.35. The van der Waals surface area contributed by atoms with Gasteiger partial charge in [-0.1, -0.05) is 11.6 Å². The van der Waals surface area contributed by atoms with Gasteiger partial charge in [0, 0.05) is 56.9 Å². The van der Waals surface area contributed by atoms with Crippen molar-refractivity contribution < 1.29 is 18.0 Å². The van der Waals surface area contributed by atoms with Crippen LogP contribution in [0.15, 0.2) is 36.8 Å². The second kappa shape index (κ2) is 9.97. The number of amides is 1. The predicted molar refractivity (Wildman–Crippen MR) is 110 cm³/mol. The molecule has 0 spiro atoms. The first-order chi connectivity index (χ1) is 14.3. The van der Waals surface area contributed by atoms with Crippen molar-refractivity contribution in [2.75, 3.05) is 36.4 Å². The topological polar surface area (TPSA) is 70.2 Å². The highest BCUT2D eigenvalue weighted by molar-refractivity contribution is 6.32. The Labute approximate surface area is 177 Å². The molecule has 6 nitrogen and oxygen atoms in total. The Kier molecular flexibility index (Phi) is 7.36. The van der Waals surface area contributed by atoms with E-state index in [2.05, 4.69) is 25.5 Å². The minimum atomic E-state index is -4.50. The number of halogens is 4. The molecule has 1 fully saturated rings. The summed E-state index contributed by atoms with van der Waals surface area (Å²) in [6, 6.07) is 4.80. The molecule has 0 aromatic carbocycles. The van der Waals surface area contributed by atoms with Crippen molar-refractivity contribution in [3.05, 3.63) is 47.4 Å². The van der Waals surface area contributed by atoms with Crippen molar-refractivity contribution in [3.8, 4) is 0 Å². The average Bonchev–Trinajstić information content (AvgIpc) is 2.73. The van der Waals surface area contributed by atoms with Gasteiger partial charge in [0.2, 0.25) is 5.91 Å². The Bertz CT molecular complexity index is 842. The van der Waals surface area contributed by atoms with E-state index in [9.17, 15) is 18.0 Å². The van der Waals surface area contributed by atoms with Gasteiger partial charge in [0.05, 0.1) is 10.6 Å². The number of nitrogens with one attached hydrogen (secondary N) is 2. The third kappa shape index (κ3) is 6.22. The molecule has 0 atom stereocenters. The first kappa shape index (κ1) is 22.1. The highest BCUT2D eigenvalue weighted by Gasteiger charge is 2.31. The molecule has 1 amide bonds. The largest absolute Gasteiger partial charge is 0.417 e. The number of hydrogen-bond acceptors (Lipinski definition) is 5. The SMILES string of the molecule is O=C(CCNc1ncc(C(F)(F)F)cc1Cl)NCC1CCN(c2ccncc2)CC1. The highest BCUT2D eigenvalue weighted by Crippen LogP contribution is 2.32. The summed E-state index contributed by atoms with van der Waals surface area (Å²) in [5.74, 6) is 0.425. The lowest BCUT2D eigenvalue weighted by Gasteiger charge is -2.33. The fraction of sp³-hybridized carbons (Fsp3) is 0.450. The smallest absolute Gasteiger partial charge is 0.371 e. The molecule has 0 unspecified atom stereocenters. The maximum Gasteiger partial charge on any atom is 0.417 e. The van der Waals surface area contributed by atoms with Crippen LogP contribution >= 0.6 is 11.6 Å². The van der Waals surface area contributed by atoms with Gasteiger partial charge in [0.1, 0.15) is 5.82 Å². The number of pyridine rings is 2. The minimum Gasteiger partial charge on any atom is -0.371 e. The van der Waals surface area contributed by atoms with E-state index in [-0.39, 0.29) is 29.7 Å². The molecule has 0 aliphatic carbocycles. The van der Waals surface area contributed by atoms with Crippen LogP contribution < -0.4 is 15.5 Å². The van der Waals surface area contributed by atoms with Gasteiger partial charge in [-0.25, -0.2) is 4.98 Å². The van der Waals surface area contributed by atoms with E-state index in [0.29, 0.717) is 18.7 Å². The number of anilines is 2. The lowest BCUT2D eigenvalue weighted by Crippen LogP contribution is -2.39. The van der Waals surface area contributed by atoms with Gasteiger partial charge in [-0.3, -0.25) is 9.78 Å². The monoisotopic (exact) mass is 441 g/mol. The quantitative estimate of drug-likeness (QED) is 0.680. The molecule has 0 bridgehead atoms. The molecule has 2 aromatic heterocycles. The summed E-state index contributed by atoms with van der Waals surface area (Å²) in [6.07, 6.45) is 1.94. The average molecular weight is 442 g/mol. The zero-order chi connectivity index (χ0) is 21.6. The van der Waals surface area contributed by atoms with Gasteiger partial charge in [0.25, 0.3) is 0 Å². The van der Waals surface area contributed by atoms with Crippen LogP contribution in [0.2, 0.25) is 5.02 Å². The summed E-state index contributed by atoms with van der Waals surface area (Å²) in [7, 11) is 0. The highest BCUT2D eigenvalue weighted by atomic mass is 35.5. The van der Waals surface area contributed by atoms with Gasteiger partial charge in [-0.05, 0) is 37.0 Å². The molecule has 3 heterocycles. The van der Waals surface area contributed by atoms with Gasteiger partial charge in [-0.15, -0.1) is 0 Å². The molecule has 0 saturated carbocycles. The first-order valence-electron chi connectivity index (χ1n) is 9.71. The lowest BCUT2D eigenvalue weighted by atomic mass is 9.96. The molecular weight excluding hydrogens is 419 g/mol. The number of rotatable bonds is 7. The Hall–Kier alpha value is -2.55. The third-order valence-corrected chi connectivity index (χ3v) is 5.33. The van der Waals surface area contributed by atoms with Gasteiger partial charge >= 0.3 is 6.18 Å². The molecule has 3 rings (SSSR count). The molecular formula is C20H23ClF3N5O. The third-order valence-electron chi connectivity index (χ3n) is 5.04. The number of carbonyl (C=O) groups is 1. The van der Waals surface area contributed by atoms with Crippen LogP contribution in [-0.4, -0.2) is 42.1 Å². The van der Waals surface area contributed by atoms with E-state index in [1.807, 2.05) is 12.1 Å². The fourth-order valence-corrected chi connectivity index (χ4v) is 3.55. The molecule has 10 heteroatoms. The van der Waals surface area contributed by atoms with Crippen molar-refractivity contribution >= 4 is 29.0 Å². The van der Waals surface area contributed by atoms with E-state index in [1.54, 1.807) is 12.4 Å². The molecule has 2 N–H and O–H groups in total. The summed E-state index contributed by atoms with van der Waals surface area (Å²) < 4.78 is 37.9. The van der Waals surface area contributed by atoms with Crippen LogP contribution in [0.3, 0.4) is 0 Å². The van der Waals surface area contributed by atoms with E-state index in [1.165, 1.54) is 0 Å². The Morgan fingerprint density at radius 1 is 1.23 bits per heavy atom. The molecule has 1 saturated heterocycles. The normalized spacial score (nSPS) is 15.1. The lowest BCUT2D eigenvalue weighted by molar-refractivity contribution is -0.137. The number of hydrogen-bond donors (Lipinski definition) is 2. The summed E-state index contributed by atoms with van der Waals surface area (Å²) in [4.78, 5) is 22.1. The minimum absolute atomic E-state index is 0.123. The molecule has 162 valence electrons. The van der Waals surface area contributed by atoms with Crippen LogP contribution in [0, 0.1) is 5.92 Å². The number of piperidine rings is 1. The van der Waals surface area contributed by atoms with E-state index >= 15 is 0 Å². The van der Waals surface area contributed by atoms with E-state index in [0.717, 1.165) is 37.7 Å². The van der Waals surface area contributed by atoms with Crippen molar-refractivity contribution in [2.24, 2.45) is 5.92 Å². The molecule has 30 heavy (non-hydrogen) atoms. The van der Waals surface area contributed by atoms with Crippen LogP contribution in [0.1, 0.15) is 24.8 Å². The second-order valence-electron chi connectivity index (χ2n) is 7.17. The number of carbonyl (C=O) groups excluding carboxylic acids is 1. The summed E-state index contributed by atoms with van der Waals surface area (Å²) in [5.41, 5.74) is 0.250.